The van der Waals surface area contributed by atoms with E-state index in [-0.39, 0.29) is 5.75 Å². The van der Waals surface area contributed by atoms with Crippen LogP contribution in [0.1, 0.15) is 22.3 Å². The molecule has 0 fully saturated rings. The van der Waals surface area contributed by atoms with E-state index in [9.17, 15) is 10.4 Å². The predicted octanol–water partition coefficient (Wildman–Crippen LogP) is 4.10. The Morgan fingerprint density at radius 1 is 1.16 bits per heavy atom. The van der Waals surface area contributed by atoms with Crippen LogP contribution in [0.4, 0.5) is 17.3 Å². The number of hydrogen-bond donors (Lipinski definition) is 3. The Balaban J connectivity index is 1.86. The molecule has 2 aromatic carbocycles. The number of rotatable bonds is 4. The van der Waals surface area contributed by atoms with Crippen molar-refractivity contribution in [1.82, 2.24) is 10.2 Å². The number of phenols is 1. The molecule has 0 radical (unpaired) electrons. The fraction of sp³-hybridized carbons (Fsp3) is 0.105. The molecule has 0 aliphatic rings. The molecule has 1 heterocycles. The van der Waals surface area contributed by atoms with Gasteiger partial charge in [-0.15, -0.1) is 0 Å². The molecule has 3 rings (SSSR count). The number of nitrogens with zero attached hydrogens (tertiary/aromatic N) is 3. The van der Waals surface area contributed by atoms with Crippen molar-refractivity contribution < 1.29 is 5.11 Å². The van der Waals surface area contributed by atoms with Crippen LogP contribution < -0.4 is 5.32 Å². The maximum Gasteiger partial charge on any atom is 0.172 e. The predicted molar refractivity (Wildman–Crippen MR) is 97.9 cm³/mol. The minimum atomic E-state index is 0.191. The number of benzene rings is 2. The fourth-order valence-corrected chi connectivity index (χ4v) is 2.51. The highest BCUT2D eigenvalue weighted by Crippen LogP contribution is 2.26. The lowest BCUT2D eigenvalue weighted by Crippen LogP contribution is -1.94. The van der Waals surface area contributed by atoms with Crippen molar-refractivity contribution in [3.8, 4) is 11.8 Å². The number of aromatic nitrogens is 2. The Kier molecular flexibility index (Phi) is 4.48. The van der Waals surface area contributed by atoms with E-state index in [1.54, 1.807) is 30.5 Å². The molecule has 3 N–H and O–H groups in total. The van der Waals surface area contributed by atoms with E-state index in [0.717, 1.165) is 22.4 Å². The van der Waals surface area contributed by atoms with Gasteiger partial charge in [0.1, 0.15) is 17.4 Å². The van der Waals surface area contributed by atoms with E-state index in [4.69, 9.17) is 0 Å². The number of hydrogen-bond acceptors (Lipinski definition) is 5. The largest absolute Gasteiger partial charge is 0.508 e. The summed E-state index contributed by atoms with van der Waals surface area (Å²) >= 11 is 0. The zero-order valence-corrected chi connectivity index (χ0v) is 13.9. The highest BCUT2D eigenvalue weighted by Gasteiger charge is 2.12. The van der Waals surface area contributed by atoms with E-state index < -0.39 is 0 Å². The van der Waals surface area contributed by atoms with Gasteiger partial charge in [0.15, 0.2) is 11.6 Å². The molecule has 0 bridgehead atoms. The first-order valence-corrected chi connectivity index (χ1v) is 7.72. The van der Waals surface area contributed by atoms with Crippen molar-refractivity contribution >= 4 is 23.5 Å². The highest BCUT2D eigenvalue weighted by molar-refractivity contribution is 5.83. The van der Waals surface area contributed by atoms with Crippen LogP contribution in [-0.4, -0.2) is 21.5 Å². The van der Waals surface area contributed by atoms with Crippen molar-refractivity contribution in [1.29, 1.82) is 5.26 Å². The van der Waals surface area contributed by atoms with Gasteiger partial charge in [0.05, 0.1) is 0 Å². The quantitative estimate of drug-likeness (QED) is 0.627. The van der Waals surface area contributed by atoms with Gasteiger partial charge < -0.3 is 10.4 Å². The van der Waals surface area contributed by atoms with E-state index in [0.29, 0.717) is 17.2 Å². The molecule has 0 amide bonds. The molecule has 0 unspecified atom stereocenters. The van der Waals surface area contributed by atoms with Gasteiger partial charge in [-0.2, -0.15) is 10.4 Å². The van der Waals surface area contributed by atoms with Crippen LogP contribution in [-0.2, 0) is 0 Å². The molecule has 124 valence electrons. The number of nitriles is 1. The third kappa shape index (κ3) is 3.85. The maximum absolute atomic E-state index is 9.45. The third-order valence-electron chi connectivity index (χ3n) is 3.58. The SMILES string of the molecule is Cc1cc(C)cc(Nc2n[nH]c(/N=C/c3ccc(O)cc3)c2C#N)c1. The summed E-state index contributed by atoms with van der Waals surface area (Å²) in [5.41, 5.74) is 4.27. The number of anilines is 2. The number of H-pyrrole nitrogens is 1. The number of nitrogens with one attached hydrogen (secondary N) is 2. The van der Waals surface area contributed by atoms with Gasteiger partial charge in [-0.3, -0.25) is 5.10 Å². The Hall–Kier alpha value is -3.59. The van der Waals surface area contributed by atoms with E-state index >= 15 is 0 Å². The maximum atomic E-state index is 9.45. The van der Waals surface area contributed by atoms with E-state index in [1.807, 2.05) is 26.0 Å². The number of phenolic OH excluding ortho intramolecular Hbond substituents is 1. The third-order valence-corrected chi connectivity index (χ3v) is 3.58. The van der Waals surface area contributed by atoms with Gasteiger partial charge in [-0.1, -0.05) is 6.07 Å². The molecule has 6 heteroatoms. The number of aromatic amines is 1. The number of aromatic hydroxyl groups is 1. The smallest absolute Gasteiger partial charge is 0.172 e. The molecule has 6 nitrogen and oxygen atoms in total. The summed E-state index contributed by atoms with van der Waals surface area (Å²) in [6.45, 7) is 4.03. The first kappa shape index (κ1) is 16.3. The lowest BCUT2D eigenvalue weighted by atomic mass is 10.1. The molecule has 0 aliphatic heterocycles. The molecular formula is C19H17N5O. The monoisotopic (exact) mass is 331 g/mol. The molecule has 0 atom stereocenters. The van der Waals surface area contributed by atoms with Crippen molar-refractivity contribution in [3.05, 3.63) is 64.7 Å². The van der Waals surface area contributed by atoms with E-state index in [1.165, 1.54) is 0 Å². The minimum absolute atomic E-state index is 0.191. The van der Waals surface area contributed by atoms with Crippen LogP contribution in [0.3, 0.4) is 0 Å². The highest BCUT2D eigenvalue weighted by atomic mass is 16.3. The average Bonchev–Trinajstić information content (AvgIpc) is 2.95. The Morgan fingerprint density at radius 2 is 1.84 bits per heavy atom. The van der Waals surface area contributed by atoms with Gasteiger partial charge in [0.25, 0.3) is 0 Å². The molecule has 25 heavy (non-hydrogen) atoms. The second-order valence-corrected chi connectivity index (χ2v) is 5.76. The van der Waals surface area contributed by atoms with Gasteiger partial charge in [-0.05, 0) is 66.9 Å². The zero-order chi connectivity index (χ0) is 17.8. The average molecular weight is 331 g/mol. The first-order valence-electron chi connectivity index (χ1n) is 7.72. The van der Waals surface area contributed by atoms with Crippen molar-refractivity contribution in [3.63, 3.8) is 0 Å². The molecule has 3 aromatic rings. The van der Waals surface area contributed by atoms with E-state index in [2.05, 4.69) is 32.6 Å². The second kappa shape index (κ2) is 6.89. The summed E-state index contributed by atoms with van der Waals surface area (Å²) in [6.07, 6.45) is 1.61. The Bertz CT molecular complexity index is 944. The summed E-state index contributed by atoms with van der Waals surface area (Å²) in [6, 6.07) is 14.8. The molecule has 1 aromatic heterocycles. The van der Waals surface area contributed by atoms with Gasteiger partial charge in [-0.25, -0.2) is 4.99 Å². The van der Waals surface area contributed by atoms with Crippen LogP contribution in [0.5, 0.6) is 5.75 Å². The lowest BCUT2D eigenvalue weighted by molar-refractivity contribution is 0.475. The number of aryl methyl sites for hydroxylation is 2. The lowest BCUT2D eigenvalue weighted by Gasteiger charge is -2.06. The fourth-order valence-electron chi connectivity index (χ4n) is 2.51. The van der Waals surface area contributed by atoms with Gasteiger partial charge >= 0.3 is 0 Å². The van der Waals surface area contributed by atoms with Crippen LogP contribution in [0.15, 0.2) is 47.5 Å². The Morgan fingerprint density at radius 3 is 2.48 bits per heavy atom. The molecule has 0 saturated carbocycles. The first-order chi connectivity index (χ1) is 12.0. The van der Waals surface area contributed by atoms with Gasteiger partial charge in [0.2, 0.25) is 0 Å². The van der Waals surface area contributed by atoms with Crippen molar-refractivity contribution in [2.45, 2.75) is 13.8 Å². The molecular weight excluding hydrogens is 314 g/mol. The standard InChI is InChI=1S/C19H17N5O/c1-12-7-13(2)9-15(8-12)22-19-17(10-20)18(23-24-19)21-11-14-3-5-16(25)6-4-14/h3-9,11,25H,1-2H3,(H2,22,23,24)/b21-11+. The minimum Gasteiger partial charge on any atom is -0.508 e. The summed E-state index contributed by atoms with van der Waals surface area (Å²) in [7, 11) is 0. The van der Waals surface area contributed by atoms with Gasteiger partial charge in [0, 0.05) is 11.9 Å². The van der Waals surface area contributed by atoms with Crippen LogP contribution in [0.25, 0.3) is 0 Å². The molecule has 0 spiro atoms. The topological polar surface area (TPSA) is 97.1 Å². The van der Waals surface area contributed by atoms with Crippen LogP contribution in [0.2, 0.25) is 0 Å². The summed E-state index contributed by atoms with van der Waals surface area (Å²) in [5.74, 6) is 1.00. The normalized spacial score (nSPS) is 10.8. The summed E-state index contributed by atoms with van der Waals surface area (Å²) in [5, 5.41) is 28.8. The van der Waals surface area contributed by atoms with Crippen LogP contribution in [0, 0.1) is 25.2 Å². The zero-order valence-electron chi connectivity index (χ0n) is 13.9. The van der Waals surface area contributed by atoms with Crippen LogP contribution >= 0.6 is 0 Å². The molecule has 0 saturated heterocycles. The Labute approximate surface area is 145 Å². The number of aliphatic imine (C=N–C) groups is 1. The van der Waals surface area contributed by atoms with Crippen molar-refractivity contribution in [2.75, 3.05) is 5.32 Å². The molecule has 0 aliphatic carbocycles. The van der Waals surface area contributed by atoms with Crippen molar-refractivity contribution in [2.24, 2.45) is 4.99 Å². The summed E-state index contributed by atoms with van der Waals surface area (Å²) in [4.78, 5) is 4.29. The summed E-state index contributed by atoms with van der Waals surface area (Å²) < 4.78 is 0. The second-order valence-electron chi connectivity index (χ2n) is 5.76.